The van der Waals surface area contributed by atoms with Crippen LogP contribution in [-0.2, 0) is 0 Å². The number of hydrogen-bond acceptors (Lipinski definition) is 5. The maximum absolute atomic E-state index is 14.6. The fourth-order valence-corrected chi connectivity index (χ4v) is 4.61. The zero-order valence-corrected chi connectivity index (χ0v) is 18.6. The van der Waals surface area contributed by atoms with Crippen LogP contribution in [0.3, 0.4) is 0 Å². The van der Waals surface area contributed by atoms with Crippen molar-refractivity contribution in [1.29, 1.82) is 0 Å². The summed E-state index contributed by atoms with van der Waals surface area (Å²) in [5.41, 5.74) is 0.599. The number of aromatic nitrogens is 3. The molecule has 2 aromatic carbocycles. The Bertz CT molecular complexity index is 1320. The molecule has 8 heteroatoms. The average Bonchev–Trinajstić information content (AvgIpc) is 2.87. The van der Waals surface area contributed by atoms with E-state index in [1.807, 2.05) is 24.3 Å². The molecule has 5 rings (SSSR count). The van der Waals surface area contributed by atoms with Gasteiger partial charge < -0.3 is 9.80 Å². The predicted molar refractivity (Wildman–Crippen MR) is 128 cm³/mol. The predicted octanol–water partition coefficient (Wildman–Crippen LogP) is 4.54. The zero-order valence-electron chi connectivity index (χ0n) is 18.6. The summed E-state index contributed by atoms with van der Waals surface area (Å²) in [6, 6.07) is 16.7. The number of hydrogen-bond donors (Lipinski definition) is 0. The van der Waals surface area contributed by atoms with E-state index in [0.29, 0.717) is 29.8 Å². The van der Waals surface area contributed by atoms with E-state index in [-0.39, 0.29) is 17.3 Å². The molecule has 174 valence electrons. The Morgan fingerprint density at radius 3 is 2.38 bits per heavy atom. The van der Waals surface area contributed by atoms with E-state index in [9.17, 15) is 13.6 Å². The number of pyridine rings is 1. The third-order valence-corrected chi connectivity index (χ3v) is 6.41. The van der Waals surface area contributed by atoms with Crippen molar-refractivity contribution >= 4 is 22.4 Å². The molecular formula is C26H25F2N5O. The molecule has 1 aliphatic heterocycles. The van der Waals surface area contributed by atoms with Gasteiger partial charge in [-0.3, -0.25) is 9.36 Å². The molecule has 0 N–H and O–H groups in total. The Hall–Kier alpha value is -3.65. The van der Waals surface area contributed by atoms with Gasteiger partial charge in [0.05, 0.1) is 17.2 Å². The summed E-state index contributed by atoms with van der Waals surface area (Å²) >= 11 is 0. The van der Waals surface area contributed by atoms with Gasteiger partial charge in [0, 0.05) is 38.4 Å². The highest BCUT2D eigenvalue weighted by Crippen LogP contribution is 2.29. The highest BCUT2D eigenvalue weighted by molar-refractivity contribution is 5.76. The zero-order chi connectivity index (χ0) is 23.5. The normalized spacial score (nSPS) is 15.0. The highest BCUT2D eigenvalue weighted by Gasteiger charge is 2.24. The first kappa shape index (κ1) is 22.2. The largest absolute Gasteiger partial charge is 0.320 e. The minimum Gasteiger partial charge on any atom is -0.320 e. The molecule has 0 aliphatic carbocycles. The smallest absolute Gasteiger partial charge is 0.261 e. The second-order valence-electron chi connectivity index (χ2n) is 8.46. The number of fused-ring (bicyclic) bond motifs is 1. The topological polar surface area (TPSA) is 54.3 Å². The van der Waals surface area contributed by atoms with Crippen LogP contribution in [0.5, 0.6) is 0 Å². The summed E-state index contributed by atoms with van der Waals surface area (Å²) in [6.45, 7) is 2.55. The van der Waals surface area contributed by atoms with Crippen LogP contribution in [0, 0.1) is 11.6 Å². The van der Waals surface area contributed by atoms with Crippen LogP contribution in [-0.4, -0.2) is 45.6 Å². The summed E-state index contributed by atoms with van der Waals surface area (Å²) in [5, 5.41) is 0.630. The highest BCUT2D eigenvalue weighted by atomic mass is 19.1. The maximum atomic E-state index is 14.6. The van der Waals surface area contributed by atoms with Crippen LogP contribution in [0.25, 0.3) is 10.9 Å². The Kier molecular flexibility index (Phi) is 6.31. The van der Waals surface area contributed by atoms with E-state index in [1.165, 1.54) is 18.2 Å². The van der Waals surface area contributed by atoms with Crippen LogP contribution in [0.15, 0.2) is 78.0 Å². The fourth-order valence-electron chi connectivity index (χ4n) is 4.61. The molecule has 1 fully saturated rings. The quantitative estimate of drug-likeness (QED) is 0.422. The molecule has 0 radical (unpaired) electrons. The van der Waals surface area contributed by atoms with Crippen LogP contribution in [0.1, 0.15) is 18.9 Å². The summed E-state index contributed by atoms with van der Waals surface area (Å²) < 4.78 is 30.9. The van der Waals surface area contributed by atoms with Crippen molar-refractivity contribution in [2.24, 2.45) is 0 Å². The van der Waals surface area contributed by atoms with E-state index in [4.69, 9.17) is 0 Å². The molecule has 0 unspecified atom stereocenters. The van der Waals surface area contributed by atoms with Crippen LogP contribution >= 0.6 is 0 Å². The molecule has 1 saturated heterocycles. The van der Waals surface area contributed by atoms with Gasteiger partial charge in [0.2, 0.25) is 0 Å². The average molecular weight is 462 g/mol. The van der Waals surface area contributed by atoms with E-state index < -0.39 is 11.6 Å². The fraction of sp³-hybridized carbons (Fsp3) is 0.269. The molecule has 1 aliphatic rings. The third kappa shape index (κ3) is 4.41. The summed E-state index contributed by atoms with van der Waals surface area (Å²) in [6.07, 6.45) is 4.87. The number of anilines is 2. The summed E-state index contributed by atoms with van der Waals surface area (Å²) in [7, 11) is 0. The lowest BCUT2D eigenvalue weighted by molar-refractivity contribution is 0.188. The SMILES string of the molecule is O=c1c2ccccc2ncn1C1CCN(CCN(c2ccccn2)c2c(F)cccc2F)CC1. The van der Waals surface area contributed by atoms with Crippen molar-refractivity contribution < 1.29 is 8.78 Å². The lowest BCUT2D eigenvalue weighted by Gasteiger charge is -2.34. The second kappa shape index (κ2) is 9.69. The molecular weight excluding hydrogens is 436 g/mol. The number of piperidine rings is 1. The van der Waals surface area contributed by atoms with E-state index >= 15 is 0 Å². The van der Waals surface area contributed by atoms with Crippen molar-refractivity contribution in [2.75, 3.05) is 31.1 Å². The van der Waals surface area contributed by atoms with Gasteiger partial charge >= 0.3 is 0 Å². The first-order valence-electron chi connectivity index (χ1n) is 11.4. The van der Waals surface area contributed by atoms with E-state index in [0.717, 1.165) is 25.9 Å². The van der Waals surface area contributed by atoms with Gasteiger partial charge in [0.25, 0.3) is 5.56 Å². The molecule has 0 bridgehead atoms. The third-order valence-electron chi connectivity index (χ3n) is 6.41. The lowest BCUT2D eigenvalue weighted by atomic mass is 10.0. The van der Waals surface area contributed by atoms with Crippen LogP contribution in [0.2, 0.25) is 0 Å². The number of likely N-dealkylation sites (tertiary alicyclic amines) is 1. The first-order chi connectivity index (χ1) is 16.6. The summed E-state index contributed by atoms with van der Waals surface area (Å²) in [4.78, 5) is 25.5. The Morgan fingerprint density at radius 2 is 1.65 bits per heavy atom. The van der Waals surface area contributed by atoms with Crippen molar-refractivity contribution in [3.8, 4) is 0 Å². The van der Waals surface area contributed by atoms with Gasteiger partial charge in [-0.2, -0.15) is 0 Å². The Morgan fingerprint density at radius 1 is 0.912 bits per heavy atom. The molecule has 3 heterocycles. The Labute approximate surface area is 196 Å². The number of para-hydroxylation sites is 2. The van der Waals surface area contributed by atoms with Gasteiger partial charge in [-0.25, -0.2) is 18.7 Å². The van der Waals surface area contributed by atoms with Gasteiger partial charge in [-0.15, -0.1) is 0 Å². The Balaban J connectivity index is 1.28. The van der Waals surface area contributed by atoms with Gasteiger partial charge in [0.1, 0.15) is 23.1 Å². The van der Waals surface area contributed by atoms with Gasteiger partial charge in [0.15, 0.2) is 0 Å². The number of benzene rings is 2. The molecule has 34 heavy (non-hydrogen) atoms. The van der Waals surface area contributed by atoms with Crippen LogP contribution in [0.4, 0.5) is 20.3 Å². The minimum absolute atomic E-state index is 0.0135. The maximum Gasteiger partial charge on any atom is 0.261 e. The van der Waals surface area contributed by atoms with E-state index in [1.54, 1.807) is 40.2 Å². The standard InChI is InChI=1S/C26H25F2N5O/c27-21-7-5-8-22(28)25(21)32(24-10-3-4-13-29-24)17-16-31-14-11-19(12-15-31)33-18-30-23-9-2-1-6-20(23)26(33)34/h1-10,13,18-19H,11-12,14-17H2. The monoisotopic (exact) mass is 461 g/mol. The molecule has 6 nitrogen and oxygen atoms in total. The van der Waals surface area contributed by atoms with Gasteiger partial charge in [-0.05, 0) is 49.2 Å². The molecule has 0 atom stereocenters. The van der Waals surface area contributed by atoms with Crippen molar-refractivity contribution in [3.05, 3.63) is 95.2 Å². The molecule has 4 aromatic rings. The first-order valence-corrected chi connectivity index (χ1v) is 11.4. The minimum atomic E-state index is -0.618. The molecule has 0 amide bonds. The number of halogens is 2. The van der Waals surface area contributed by atoms with Crippen molar-refractivity contribution in [3.63, 3.8) is 0 Å². The molecule has 0 spiro atoms. The van der Waals surface area contributed by atoms with E-state index in [2.05, 4.69) is 14.9 Å². The second-order valence-corrected chi connectivity index (χ2v) is 8.46. The van der Waals surface area contributed by atoms with Crippen molar-refractivity contribution in [1.82, 2.24) is 19.4 Å². The number of rotatable bonds is 6. The molecule has 0 saturated carbocycles. The summed E-state index contributed by atoms with van der Waals surface area (Å²) in [5.74, 6) is -0.741. The van der Waals surface area contributed by atoms with Crippen molar-refractivity contribution in [2.45, 2.75) is 18.9 Å². The number of nitrogens with zero attached hydrogens (tertiary/aromatic N) is 5. The lowest BCUT2D eigenvalue weighted by Crippen LogP contribution is -2.41. The van der Waals surface area contributed by atoms with Gasteiger partial charge in [-0.1, -0.05) is 24.3 Å². The molecule has 2 aromatic heterocycles. The van der Waals surface area contributed by atoms with Crippen LogP contribution < -0.4 is 10.5 Å².